The predicted octanol–water partition coefficient (Wildman–Crippen LogP) is 4.40. The Hall–Kier alpha value is -2.82. The van der Waals surface area contributed by atoms with E-state index < -0.39 is 0 Å². The molecular formula is C24H31N3O2. The summed E-state index contributed by atoms with van der Waals surface area (Å²) in [7, 11) is 0. The molecule has 0 radical (unpaired) electrons. The van der Waals surface area contributed by atoms with E-state index in [1.165, 1.54) is 0 Å². The van der Waals surface area contributed by atoms with Crippen LogP contribution in [0.1, 0.15) is 55.8 Å². The maximum Gasteiger partial charge on any atom is 0.315 e. The Morgan fingerprint density at radius 2 is 1.83 bits per heavy atom. The molecule has 1 atom stereocenters. The summed E-state index contributed by atoms with van der Waals surface area (Å²) in [6.07, 6.45) is 2.48. The van der Waals surface area contributed by atoms with E-state index in [0.29, 0.717) is 25.4 Å². The Bertz CT molecular complexity index is 820. The van der Waals surface area contributed by atoms with Gasteiger partial charge in [-0.25, -0.2) is 4.79 Å². The Kier molecular flexibility index (Phi) is 7.28. The van der Waals surface area contributed by atoms with Gasteiger partial charge in [0.1, 0.15) is 0 Å². The topological polar surface area (TPSA) is 61.4 Å². The molecule has 2 N–H and O–H groups in total. The molecule has 1 heterocycles. The number of amides is 3. The molecule has 0 aliphatic carbocycles. The number of rotatable bonds is 8. The fourth-order valence-electron chi connectivity index (χ4n) is 3.76. The van der Waals surface area contributed by atoms with E-state index in [0.717, 1.165) is 36.1 Å². The molecule has 1 fully saturated rings. The summed E-state index contributed by atoms with van der Waals surface area (Å²) in [5, 5.41) is 6.08. The average Bonchev–Trinajstić information content (AvgIpc) is 3.11. The van der Waals surface area contributed by atoms with E-state index in [9.17, 15) is 9.59 Å². The van der Waals surface area contributed by atoms with E-state index in [1.54, 1.807) is 0 Å². The summed E-state index contributed by atoms with van der Waals surface area (Å²) < 4.78 is 0. The van der Waals surface area contributed by atoms with Gasteiger partial charge in [0.25, 0.3) is 0 Å². The summed E-state index contributed by atoms with van der Waals surface area (Å²) in [5.74, 6) is 0.704. The van der Waals surface area contributed by atoms with Crippen LogP contribution >= 0.6 is 0 Å². The standard InChI is InChI=1S/C24H31N3O2/c1-18(2)14-22(21-10-4-3-5-11-21)26-24(29)25-16-19-8-6-9-20(15-19)17-27-13-7-12-23(27)28/h3-6,8-11,15,18,22H,7,12-14,16-17H2,1-2H3,(H2,25,26,29). The number of nitrogens with zero attached hydrogens (tertiary/aromatic N) is 1. The normalized spacial score (nSPS) is 14.9. The van der Waals surface area contributed by atoms with E-state index in [2.05, 4.69) is 42.7 Å². The number of likely N-dealkylation sites (tertiary alicyclic amines) is 1. The van der Waals surface area contributed by atoms with Gasteiger partial charge in [0.05, 0.1) is 6.04 Å². The zero-order valence-corrected chi connectivity index (χ0v) is 17.4. The van der Waals surface area contributed by atoms with Gasteiger partial charge in [0.2, 0.25) is 5.91 Å². The molecule has 1 aliphatic heterocycles. The molecule has 0 aromatic heterocycles. The van der Waals surface area contributed by atoms with Crippen molar-refractivity contribution in [3.63, 3.8) is 0 Å². The minimum absolute atomic E-state index is 0.0105. The van der Waals surface area contributed by atoms with Crippen molar-refractivity contribution in [2.75, 3.05) is 6.54 Å². The lowest BCUT2D eigenvalue weighted by molar-refractivity contribution is -0.128. The van der Waals surface area contributed by atoms with Gasteiger partial charge in [0, 0.05) is 26.1 Å². The Balaban J connectivity index is 1.55. The largest absolute Gasteiger partial charge is 0.338 e. The zero-order chi connectivity index (χ0) is 20.6. The van der Waals surface area contributed by atoms with Crippen LogP contribution in [-0.4, -0.2) is 23.4 Å². The molecule has 5 heteroatoms. The van der Waals surface area contributed by atoms with Crippen molar-refractivity contribution in [3.05, 3.63) is 71.3 Å². The van der Waals surface area contributed by atoms with Crippen molar-refractivity contribution in [1.29, 1.82) is 0 Å². The first kappa shape index (κ1) is 20.9. The van der Waals surface area contributed by atoms with Crippen molar-refractivity contribution >= 4 is 11.9 Å². The van der Waals surface area contributed by atoms with Crippen molar-refractivity contribution in [2.45, 2.75) is 52.2 Å². The molecular weight excluding hydrogens is 362 g/mol. The van der Waals surface area contributed by atoms with Crippen LogP contribution in [0.2, 0.25) is 0 Å². The first-order valence-corrected chi connectivity index (χ1v) is 10.5. The molecule has 1 aliphatic rings. The van der Waals surface area contributed by atoms with Crippen LogP contribution < -0.4 is 10.6 Å². The van der Waals surface area contributed by atoms with E-state index in [-0.39, 0.29) is 18.0 Å². The lowest BCUT2D eigenvalue weighted by Gasteiger charge is -2.21. The molecule has 0 bridgehead atoms. The van der Waals surface area contributed by atoms with Gasteiger partial charge in [-0.1, -0.05) is 68.4 Å². The van der Waals surface area contributed by atoms with Gasteiger partial charge in [0.15, 0.2) is 0 Å². The van der Waals surface area contributed by atoms with Crippen molar-refractivity contribution in [2.24, 2.45) is 5.92 Å². The molecule has 2 aromatic carbocycles. The third kappa shape index (κ3) is 6.34. The second-order valence-corrected chi connectivity index (χ2v) is 8.16. The molecule has 0 spiro atoms. The molecule has 3 rings (SSSR count). The fourth-order valence-corrected chi connectivity index (χ4v) is 3.76. The minimum Gasteiger partial charge on any atom is -0.338 e. The monoisotopic (exact) mass is 393 g/mol. The third-order valence-electron chi connectivity index (χ3n) is 5.20. The molecule has 1 saturated heterocycles. The van der Waals surface area contributed by atoms with Crippen molar-refractivity contribution < 1.29 is 9.59 Å². The second-order valence-electron chi connectivity index (χ2n) is 8.16. The molecule has 5 nitrogen and oxygen atoms in total. The Morgan fingerprint density at radius 1 is 1.07 bits per heavy atom. The third-order valence-corrected chi connectivity index (χ3v) is 5.20. The quantitative estimate of drug-likeness (QED) is 0.698. The smallest absolute Gasteiger partial charge is 0.315 e. The van der Waals surface area contributed by atoms with Gasteiger partial charge < -0.3 is 15.5 Å². The van der Waals surface area contributed by atoms with Crippen LogP contribution in [0, 0.1) is 5.92 Å². The van der Waals surface area contributed by atoms with E-state index in [1.807, 2.05) is 41.3 Å². The highest BCUT2D eigenvalue weighted by molar-refractivity contribution is 5.78. The molecule has 154 valence electrons. The fraction of sp³-hybridized carbons (Fsp3) is 0.417. The van der Waals surface area contributed by atoms with Crippen LogP contribution in [0.4, 0.5) is 4.79 Å². The zero-order valence-electron chi connectivity index (χ0n) is 17.4. The first-order valence-electron chi connectivity index (χ1n) is 10.5. The predicted molar refractivity (Wildman–Crippen MR) is 115 cm³/mol. The number of urea groups is 1. The maximum atomic E-state index is 12.5. The van der Waals surface area contributed by atoms with Gasteiger partial charge in [-0.3, -0.25) is 4.79 Å². The average molecular weight is 394 g/mol. The van der Waals surface area contributed by atoms with Crippen molar-refractivity contribution in [3.8, 4) is 0 Å². The van der Waals surface area contributed by atoms with Gasteiger partial charge in [-0.2, -0.15) is 0 Å². The van der Waals surface area contributed by atoms with Crippen LogP contribution in [0.25, 0.3) is 0 Å². The number of carbonyl (C=O) groups excluding carboxylic acids is 2. The first-order chi connectivity index (χ1) is 14.0. The van der Waals surface area contributed by atoms with Crippen LogP contribution in [-0.2, 0) is 17.9 Å². The number of hydrogen-bond donors (Lipinski definition) is 2. The number of nitrogens with one attached hydrogen (secondary N) is 2. The summed E-state index contributed by atoms with van der Waals surface area (Å²) in [5.41, 5.74) is 3.25. The minimum atomic E-state index is -0.167. The van der Waals surface area contributed by atoms with Gasteiger partial charge >= 0.3 is 6.03 Å². The molecule has 3 amide bonds. The maximum absolute atomic E-state index is 12.5. The Morgan fingerprint density at radius 3 is 2.52 bits per heavy atom. The summed E-state index contributed by atoms with van der Waals surface area (Å²) in [6.45, 7) is 6.25. The van der Waals surface area contributed by atoms with E-state index >= 15 is 0 Å². The van der Waals surface area contributed by atoms with Gasteiger partial charge in [-0.05, 0) is 35.4 Å². The van der Waals surface area contributed by atoms with Gasteiger partial charge in [-0.15, -0.1) is 0 Å². The van der Waals surface area contributed by atoms with E-state index in [4.69, 9.17) is 0 Å². The highest BCUT2D eigenvalue weighted by atomic mass is 16.2. The van der Waals surface area contributed by atoms with Crippen molar-refractivity contribution in [1.82, 2.24) is 15.5 Å². The lowest BCUT2D eigenvalue weighted by Crippen LogP contribution is -2.38. The Labute approximate surface area is 173 Å². The second kappa shape index (κ2) is 10.1. The highest BCUT2D eigenvalue weighted by Gasteiger charge is 2.20. The summed E-state index contributed by atoms with van der Waals surface area (Å²) in [4.78, 5) is 26.2. The SMILES string of the molecule is CC(C)CC(NC(=O)NCc1cccc(CN2CCCC2=O)c1)c1ccccc1. The number of hydrogen-bond acceptors (Lipinski definition) is 2. The van der Waals surface area contributed by atoms with Crippen LogP contribution in [0.3, 0.4) is 0 Å². The van der Waals surface area contributed by atoms with Crippen LogP contribution in [0.5, 0.6) is 0 Å². The molecule has 29 heavy (non-hydrogen) atoms. The summed E-state index contributed by atoms with van der Waals surface area (Å²) >= 11 is 0. The van der Waals surface area contributed by atoms with Crippen LogP contribution in [0.15, 0.2) is 54.6 Å². The molecule has 1 unspecified atom stereocenters. The lowest BCUT2D eigenvalue weighted by atomic mass is 9.97. The molecule has 2 aromatic rings. The highest BCUT2D eigenvalue weighted by Crippen LogP contribution is 2.21. The molecule has 0 saturated carbocycles. The summed E-state index contributed by atoms with van der Waals surface area (Å²) in [6, 6.07) is 18.0. The number of benzene rings is 2. The number of carbonyl (C=O) groups is 2.